The molecule has 0 spiro atoms. The molecule has 110 valence electrons. The summed E-state index contributed by atoms with van der Waals surface area (Å²) in [5, 5.41) is 10.1. The number of nitrogens with two attached hydrogens (primary N) is 1. The van der Waals surface area contributed by atoms with Gasteiger partial charge >= 0.3 is 0 Å². The third kappa shape index (κ3) is 4.00. The molecule has 4 nitrogen and oxygen atoms in total. The fourth-order valence-electron chi connectivity index (χ4n) is 1.98. The zero-order valence-electron chi connectivity index (χ0n) is 12.1. The van der Waals surface area contributed by atoms with Crippen LogP contribution in [0.4, 0.5) is 0 Å². The number of halogens is 1. The minimum atomic E-state index is -0.643. The summed E-state index contributed by atoms with van der Waals surface area (Å²) < 4.78 is 10.7. The number of hydrogen-bond acceptors (Lipinski definition) is 4. The van der Waals surface area contributed by atoms with Crippen molar-refractivity contribution in [2.75, 3.05) is 14.2 Å². The third-order valence-corrected chi connectivity index (χ3v) is 3.07. The molecule has 1 aromatic carbocycles. The number of aryl methyl sites for hydroxylation is 1. The van der Waals surface area contributed by atoms with Crippen molar-refractivity contribution < 1.29 is 14.6 Å². The molecule has 0 heterocycles. The molecule has 0 saturated carbocycles. The lowest BCUT2D eigenvalue weighted by Gasteiger charge is -2.26. The Morgan fingerprint density at radius 1 is 1.11 bits per heavy atom. The summed E-state index contributed by atoms with van der Waals surface area (Å²) in [5.41, 5.74) is 7.87. The monoisotopic (exact) mass is 289 g/mol. The van der Waals surface area contributed by atoms with Crippen LogP contribution in [0.2, 0.25) is 0 Å². The third-order valence-electron chi connectivity index (χ3n) is 3.07. The van der Waals surface area contributed by atoms with E-state index in [9.17, 15) is 5.11 Å². The summed E-state index contributed by atoms with van der Waals surface area (Å²) in [5.74, 6) is 1.37. The van der Waals surface area contributed by atoms with E-state index in [1.807, 2.05) is 32.9 Å². The number of benzene rings is 1. The molecular formula is C14H24ClNO3. The summed E-state index contributed by atoms with van der Waals surface area (Å²) in [6, 6.07) is 3.26. The van der Waals surface area contributed by atoms with Crippen LogP contribution in [0.25, 0.3) is 0 Å². The van der Waals surface area contributed by atoms with Gasteiger partial charge in [-0.15, -0.1) is 12.4 Å². The van der Waals surface area contributed by atoms with Crippen LogP contribution in [0, 0.1) is 12.8 Å². The molecule has 0 fully saturated rings. The minimum Gasteiger partial charge on any atom is -0.496 e. The van der Waals surface area contributed by atoms with Crippen molar-refractivity contribution in [3.63, 3.8) is 0 Å². The van der Waals surface area contributed by atoms with Crippen LogP contribution >= 0.6 is 12.4 Å². The van der Waals surface area contributed by atoms with E-state index in [2.05, 4.69) is 0 Å². The summed E-state index contributed by atoms with van der Waals surface area (Å²) in [6.45, 7) is 5.81. The fourth-order valence-corrected chi connectivity index (χ4v) is 1.98. The summed E-state index contributed by atoms with van der Waals surface area (Å²) >= 11 is 0. The summed E-state index contributed by atoms with van der Waals surface area (Å²) in [6.07, 6.45) is -0.643. The quantitative estimate of drug-likeness (QED) is 0.874. The highest BCUT2D eigenvalue weighted by molar-refractivity contribution is 5.85. The van der Waals surface area contributed by atoms with Gasteiger partial charge in [0, 0.05) is 0 Å². The van der Waals surface area contributed by atoms with E-state index in [1.165, 1.54) is 0 Å². The molecule has 19 heavy (non-hydrogen) atoms. The molecule has 2 atom stereocenters. The molecule has 0 unspecified atom stereocenters. The van der Waals surface area contributed by atoms with Crippen molar-refractivity contribution >= 4 is 12.4 Å². The minimum absolute atomic E-state index is 0. The highest BCUT2D eigenvalue weighted by atomic mass is 35.5. The summed E-state index contributed by atoms with van der Waals surface area (Å²) in [7, 11) is 3.18. The Bertz CT molecular complexity index is 385. The van der Waals surface area contributed by atoms with Crippen LogP contribution in [-0.2, 0) is 0 Å². The van der Waals surface area contributed by atoms with Crippen molar-refractivity contribution in [2.45, 2.75) is 32.9 Å². The Morgan fingerprint density at radius 3 is 1.84 bits per heavy atom. The lowest BCUT2D eigenvalue weighted by atomic mass is 9.92. The van der Waals surface area contributed by atoms with Gasteiger partial charge in [-0.2, -0.15) is 0 Å². The smallest absolute Gasteiger partial charge is 0.127 e. The van der Waals surface area contributed by atoms with E-state index in [0.29, 0.717) is 17.1 Å². The molecule has 1 aromatic rings. The molecule has 0 radical (unpaired) electrons. The van der Waals surface area contributed by atoms with Crippen molar-refractivity contribution in [2.24, 2.45) is 11.7 Å². The van der Waals surface area contributed by atoms with E-state index < -0.39 is 12.1 Å². The van der Waals surface area contributed by atoms with Crippen LogP contribution in [0.15, 0.2) is 12.1 Å². The summed E-state index contributed by atoms with van der Waals surface area (Å²) in [4.78, 5) is 0. The van der Waals surface area contributed by atoms with Gasteiger partial charge in [0.1, 0.15) is 11.5 Å². The largest absolute Gasteiger partial charge is 0.496 e. The number of rotatable bonds is 5. The highest BCUT2D eigenvalue weighted by Crippen LogP contribution is 2.36. The number of aliphatic hydroxyl groups excluding tert-OH is 1. The number of hydrogen-bond donors (Lipinski definition) is 2. The predicted octanol–water partition coefficient (Wildman–Crippen LogP) is 2.45. The average molecular weight is 290 g/mol. The van der Waals surface area contributed by atoms with Gasteiger partial charge in [0.2, 0.25) is 0 Å². The molecule has 1 rings (SSSR count). The van der Waals surface area contributed by atoms with Crippen LogP contribution in [-0.4, -0.2) is 25.4 Å². The van der Waals surface area contributed by atoms with Crippen LogP contribution < -0.4 is 15.2 Å². The highest BCUT2D eigenvalue weighted by Gasteiger charge is 2.26. The Labute approximate surface area is 121 Å². The van der Waals surface area contributed by atoms with Gasteiger partial charge in [-0.1, -0.05) is 13.8 Å². The maximum absolute atomic E-state index is 10.1. The van der Waals surface area contributed by atoms with Crippen molar-refractivity contribution in [3.05, 3.63) is 23.3 Å². The van der Waals surface area contributed by atoms with Gasteiger partial charge in [-0.25, -0.2) is 0 Å². The number of ether oxygens (including phenoxy) is 2. The Kier molecular flexibility index (Phi) is 7.19. The number of aliphatic hydroxyl groups is 1. The van der Waals surface area contributed by atoms with Gasteiger partial charge < -0.3 is 20.3 Å². The van der Waals surface area contributed by atoms with Crippen molar-refractivity contribution in [3.8, 4) is 11.5 Å². The molecule has 5 heteroatoms. The zero-order valence-corrected chi connectivity index (χ0v) is 13.0. The molecule has 3 N–H and O–H groups in total. The first-order valence-electron chi connectivity index (χ1n) is 6.08. The molecule has 0 saturated heterocycles. The van der Waals surface area contributed by atoms with Crippen molar-refractivity contribution in [1.82, 2.24) is 0 Å². The maximum atomic E-state index is 10.1. The van der Waals surface area contributed by atoms with E-state index in [4.69, 9.17) is 15.2 Å². The first kappa shape index (κ1) is 18.0. The van der Waals surface area contributed by atoms with E-state index in [0.717, 1.165) is 5.56 Å². The predicted molar refractivity (Wildman–Crippen MR) is 79.3 cm³/mol. The maximum Gasteiger partial charge on any atom is 0.127 e. The van der Waals surface area contributed by atoms with Gasteiger partial charge in [0.15, 0.2) is 0 Å². The van der Waals surface area contributed by atoms with Gasteiger partial charge in [0.05, 0.1) is 31.9 Å². The SMILES string of the molecule is COc1cc(C)cc(OC)c1[C@H](N)[C@H](O)C(C)C.Cl. The Hall–Kier alpha value is -0.970. The molecule has 0 amide bonds. The second kappa shape index (κ2) is 7.58. The topological polar surface area (TPSA) is 64.7 Å². The first-order chi connectivity index (χ1) is 8.42. The molecule has 0 aliphatic rings. The Morgan fingerprint density at radius 2 is 1.53 bits per heavy atom. The lowest BCUT2D eigenvalue weighted by Crippen LogP contribution is -2.31. The first-order valence-corrected chi connectivity index (χ1v) is 6.08. The normalized spacial score (nSPS) is 13.7. The van der Waals surface area contributed by atoms with Gasteiger partial charge in [-0.05, 0) is 30.5 Å². The molecule has 0 aromatic heterocycles. The van der Waals surface area contributed by atoms with E-state index >= 15 is 0 Å². The van der Waals surface area contributed by atoms with Crippen LogP contribution in [0.5, 0.6) is 11.5 Å². The van der Waals surface area contributed by atoms with E-state index in [1.54, 1.807) is 14.2 Å². The zero-order chi connectivity index (χ0) is 13.9. The lowest BCUT2D eigenvalue weighted by molar-refractivity contribution is 0.0958. The second-order valence-corrected chi connectivity index (χ2v) is 4.84. The van der Waals surface area contributed by atoms with E-state index in [-0.39, 0.29) is 18.3 Å². The van der Waals surface area contributed by atoms with Gasteiger partial charge in [-0.3, -0.25) is 0 Å². The van der Waals surface area contributed by atoms with Gasteiger partial charge in [0.25, 0.3) is 0 Å². The molecule has 0 aliphatic carbocycles. The average Bonchev–Trinajstić information content (AvgIpc) is 2.35. The van der Waals surface area contributed by atoms with Crippen molar-refractivity contribution in [1.29, 1.82) is 0 Å². The number of methoxy groups -OCH3 is 2. The second-order valence-electron chi connectivity index (χ2n) is 4.84. The van der Waals surface area contributed by atoms with Crippen LogP contribution in [0.3, 0.4) is 0 Å². The van der Waals surface area contributed by atoms with Crippen LogP contribution in [0.1, 0.15) is 31.0 Å². The Balaban J connectivity index is 0.00000324. The standard InChI is InChI=1S/C14H23NO3.ClH/c1-8(2)14(16)13(15)12-10(17-4)6-9(3)7-11(12)18-5;/h6-8,13-14,16H,15H2,1-5H3;1H/t13-,14+;/m0./s1. The molecule has 0 aliphatic heterocycles. The molecule has 0 bridgehead atoms. The molecular weight excluding hydrogens is 266 g/mol. The fraction of sp³-hybridized carbons (Fsp3) is 0.571.